The van der Waals surface area contributed by atoms with E-state index < -0.39 is 17.2 Å². The van der Waals surface area contributed by atoms with Gasteiger partial charge in [-0.05, 0) is 27.7 Å². The van der Waals surface area contributed by atoms with Crippen molar-refractivity contribution >= 4 is 18.3 Å². The second kappa shape index (κ2) is 7.23. The molecule has 1 atom stereocenters. The molecule has 7 nitrogen and oxygen atoms in total. The van der Waals surface area contributed by atoms with Crippen LogP contribution < -0.4 is 5.32 Å². The largest absolute Gasteiger partial charge is 0.444 e. The maximum Gasteiger partial charge on any atom is 0.408 e. The maximum absolute atomic E-state index is 11.6. The third-order valence-electron chi connectivity index (χ3n) is 2.17. The summed E-state index contributed by atoms with van der Waals surface area (Å²) in [6.07, 6.45) is -0.161. The molecule has 0 aromatic carbocycles. The van der Waals surface area contributed by atoms with Crippen LogP contribution in [0.1, 0.15) is 27.7 Å². The lowest BCUT2D eigenvalue weighted by atomic mass is 10.1. The second-order valence-electron chi connectivity index (χ2n) is 5.94. The number of alkyl carbamates (subject to hydrolysis) is 1. The first-order valence-electron chi connectivity index (χ1n) is 6.24. The zero-order valence-corrected chi connectivity index (χ0v) is 13.0. The van der Waals surface area contributed by atoms with Crippen molar-refractivity contribution in [3.63, 3.8) is 0 Å². The Balaban J connectivity index is 4.37. The molecule has 7 heteroatoms. The van der Waals surface area contributed by atoms with Crippen molar-refractivity contribution in [2.24, 2.45) is 0 Å². The van der Waals surface area contributed by atoms with E-state index in [9.17, 15) is 14.4 Å². The van der Waals surface area contributed by atoms with Gasteiger partial charge in [-0.3, -0.25) is 4.79 Å². The average Bonchev–Trinajstić information content (AvgIpc) is 2.25. The summed E-state index contributed by atoms with van der Waals surface area (Å²) in [6, 6.07) is 0. The standard InChI is InChI=1S/C13H24N2O5/c1-12(2,3)20-11(18)14-13(4,8-16)9-19-7-10(17)15(5)6/h8H,7,9H2,1-6H3,(H,14,18). The quantitative estimate of drug-likeness (QED) is 0.722. The van der Waals surface area contributed by atoms with E-state index in [-0.39, 0.29) is 19.1 Å². The van der Waals surface area contributed by atoms with Crippen molar-refractivity contribution < 1.29 is 23.9 Å². The average molecular weight is 288 g/mol. The Labute approximate surface area is 119 Å². The number of aldehydes is 1. The minimum absolute atomic E-state index is 0.116. The second-order valence-corrected chi connectivity index (χ2v) is 5.94. The molecule has 0 aliphatic rings. The van der Waals surface area contributed by atoms with E-state index >= 15 is 0 Å². The smallest absolute Gasteiger partial charge is 0.408 e. The Bertz CT molecular complexity index is 362. The van der Waals surface area contributed by atoms with Crippen LogP contribution in [0.3, 0.4) is 0 Å². The summed E-state index contributed by atoms with van der Waals surface area (Å²) in [4.78, 5) is 35.4. The van der Waals surface area contributed by atoms with Crippen molar-refractivity contribution in [2.75, 3.05) is 27.3 Å². The van der Waals surface area contributed by atoms with Crippen LogP contribution in [0.25, 0.3) is 0 Å². The number of nitrogens with zero attached hydrogens (tertiary/aromatic N) is 1. The minimum atomic E-state index is -1.24. The van der Waals surface area contributed by atoms with E-state index in [0.717, 1.165) is 0 Å². The SMILES string of the molecule is CN(C)C(=O)COCC(C)(C=O)NC(=O)OC(C)(C)C. The molecule has 1 unspecified atom stereocenters. The van der Waals surface area contributed by atoms with Crippen LogP contribution >= 0.6 is 0 Å². The fourth-order valence-corrected chi connectivity index (χ4v) is 1.12. The summed E-state index contributed by atoms with van der Waals surface area (Å²) in [5.74, 6) is -0.226. The van der Waals surface area contributed by atoms with E-state index in [1.54, 1.807) is 34.9 Å². The van der Waals surface area contributed by atoms with Gasteiger partial charge in [-0.1, -0.05) is 0 Å². The third kappa shape index (κ3) is 7.73. The lowest BCUT2D eigenvalue weighted by Gasteiger charge is -2.27. The van der Waals surface area contributed by atoms with Crippen LogP contribution in [0, 0.1) is 0 Å². The summed E-state index contributed by atoms with van der Waals surface area (Å²) >= 11 is 0. The molecule has 20 heavy (non-hydrogen) atoms. The Morgan fingerprint density at radius 3 is 2.15 bits per heavy atom. The van der Waals surface area contributed by atoms with Crippen LogP contribution in [0.15, 0.2) is 0 Å². The van der Waals surface area contributed by atoms with Gasteiger partial charge >= 0.3 is 6.09 Å². The molecule has 0 aromatic heterocycles. The Hall–Kier alpha value is -1.63. The molecule has 0 heterocycles. The summed E-state index contributed by atoms with van der Waals surface area (Å²) < 4.78 is 10.2. The summed E-state index contributed by atoms with van der Waals surface area (Å²) in [7, 11) is 3.20. The van der Waals surface area contributed by atoms with Gasteiger partial charge in [0, 0.05) is 14.1 Å². The Morgan fingerprint density at radius 1 is 1.20 bits per heavy atom. The number of carbonyl (C=O) groups is 3. The molecule has 0 saturated carbocycles. The molecule has 0 aromatic rings. The highest BCUT2D eigenvalue weighted by Gasteiger charge is 2.29. The summed E-state index contributed by atoms with van der Waals surface area (Å²) in [6.45, 7) is 6.37. The highest BCUT2D eigenvalue weighted by atomic mass is 16.6. The van der Waals surface area contributed by atoms with Crippen molar-refractivity contribution in [1.29, 1.82) is 0 Å². The maximum atomic E-state index is 11.6. The van der Waals surface area contributed by atoms with E-state index in [4.69, 9.17) is 9.47 Å². The van der Waals surface area contributed by atoms with Gasteiger partial charge in [0.1, 0.15) is 24.0 Å². The molecule has 0 spiro atoms. The fraction of sp³-hybridized carbons (Fsp3) is 0.769. The number of rotatable bonds is 6. The first-order valence-corrected chi connectivity index (χ1v) is 6.24. The molecular formula is C13H24N2O5. The van der Waals surface area contributed by atoms with Gasteiger partial charge < -0.3 is 24.5 Å². The van der Waals surface area contributed by atoms with Gasteiger partial charge in [0.15, 0.2) is 0 Å². The van der Waals surface area contributed by atoms with Crippen LogP contribution in [0.2, 0.25) is 0 Å². The Morgan fingerprint density at radius 2 is 1.75 bits per heavy atom. The molecule has 0 fully saturated rings. The number of hydrogen-bond donors (Lipinski definition) is 1. The Kier molecular flexibility index (Phi) is 6.64. The minimum Gasteiger partial charge on any atom is -0.444 e. The van der Waals surface area contributed by atoms with Crippen molar-refractivity contribution in [3.8, 4) is 0 Å². The molecule has 0 saturated heterocycles. The van der Waals surface area contributed by atoms with E-state index in [1.165, 1.54) is 11.8 Å². The highest BCUT2D eigenvalue weighted by Crippen LogP contribution is 2.09. The first-order chi connectivity index (χ1) is 8.99. The number of carbonyl (C=O) groups excluding carboxylic acids is 3. The van der Waals surface area contributed by atoms with E-state index in [2.05, 4.69) is 5.32 Å². The number of nitrogens with one attached hydrogen (secondary N) is 1. The van der Waals surface area contributed by atoms with Crippen LogP contribution in [0.4, 0.5) is 4.79 Å². The summed E-state index contributed by atoms with van der Waals surface area (Å²) in [5.41, 5.74) is -1.90. The van der Waals surface area contributed by atoms with Gasteiger partial charge in [0.05, 0.1) is 6.61 Å². The number of hydrogen-bond acceptors (Lipinski definition) is 5. The molecule has 0 aliphatic heterocycles. The van der Waals surface area contributed by atoms with Gasteiger partial charge in [0.2, 0.25) is 5.91 Å². The van der Waals surface area contributed by atoms with Crippen molar-refractivity contribution in [3.05, 3.63) is 0 Å². The van der Waals surface area contributed by atoms with Gasteiger partial charge in [-0.15, -0.1) is 0 Å². The molecule has 0 rings (SSSR count). The normalized spacial score (nSPS) is 14.1. The third-order valence-corrected chi connectivity index (χ3v) is 2.17. The van der Waals surface area contributed by atoms with Crippen LogP contribution in [-0.2, 0) is 19.1 Å². The molecule has 2 amide bonds. The van der Waals surface area contributed by atoms with Gasteiger partial charge in [-0.2, -0.15) is 0 Å². The van der Waals surface area contributed by atoms with Gasteiger partial charge in [0.25, 0.3) is 0 Å². The van der Waals surface area contributed by atoms with Crippen molar-refractivity contribution in [2.45, 2.75) is 38.8 Å². The molecule has 1 N–H and O–H groups in total. The highest BCUT2D eigenvalue weighted by molar-refractivity contribution is 5.77. The predicted octanol–water partition coefficient (Wildman–Crippen LogP) is 0.574. The van der Waals surface area contributed by atoms with Crippen LogP contribution in [-0.4, -0.2) is 61.6 Å². The monoisotopic (exact) mass is 288 g/mol. The lowest BCUT2D eigenvalue weighted by Crippen LogP contribution is -2.52. The van der Waals surface area contributed by atoms with Crippen molar-refractivity contribution in [1.82, 2.24) is 10.2 Å². The molecule has 0 bridgehead atoms. The predicted molar refractivity (Wildman–Crippen MR) is 73.4 cm³/mol. The molecule has 0 aliphatic carbocycles. The number of amides is 2. The number of likely N-dealkylation sites (N-methyl/N-ethyl adjacent to an activating group) is 1. The zero-order valence-electron chi connectivity index (χ0n) is 13.0. The van der Waals surface area contributed by atoms with E-state index in [0.29, 0.717) is 6.29 Å². The zero-order chi connectivity index (χ0) is 16.0. The summed E-state index contributed by atoms with van der Waals surface area (Å²) in [5, 5.41) is 2.42. The lowest BCUT2D eigenvalue weighted by molar-refractivity contribution is -0.135. The van der Waals surface area contributed by atoms with Crippen LogP contribution in [0.5, 0.6) is 0 Å². The van der Waals surface area contributed by atoms with Gasteiger partial charge in [-0.25, -0.2) is 4.79 Å². The molecular weight excluding hydrogens is 264 g/mol. The first kappa shape index (κ1) is 18.4. The number of ether oxygens (including phenoxy) is 2. The molecule has 0 radical (unpaired) electrons. The molecule has 116 valence electrons. The topological polar surface area (TPSA) is 84.9 Å². The fourth-order valence-electron chi connectivity index (χ4n) is 1.12. The van der Waals surface area contributed by atoms with E-state index in [1.807, 2.05) is 0 Å².